The van der Waals surface area contributed by atoms with Crippen LogP contribution in [0.25, 0.3) is 11.3 Å². The molecule has 1 saturated heterocycles. The zero-order chi connectivity index (χ0) is 15.0. The van der Waals surface area contributed by atoms with E-state index in [-0.39, 0.29) is 24.9 Å². The van der Waals surface area contributed by atoms with Crippen molar-refractivity contribution in [2.75, 3.05) is 30.8 Å². The zero-order valence-corrected chi connectivity index (χ0v) is 11.5. The first-order chi connectivity index (χ1) is 10.0. The van der Waals surface area contributed by atoms with Crippen molar-refractivity contribution in [3.8, 4) is 11.3 Å². The third-order valence-corrected chi connectivity index (χ3v) is 3.46. The normalized spacial score (nSPS) is 15.7. The number of nitrogens with two attached hydrogens (primary N) is 1. The molecule has 2 aromatic rings. The maximum atomic E-state index is 12.1. The summed E-state index contributed by atoms with van der Waals surface area (Å²) in [6.07, 6.45) is 0. The van der Waals surface area contributed by atoms with Crippen molar-refractivity contribution < 1.29 is 9.59 Å². The number of rotatable bonds is 2. The van der Waals surface area contributed by atoms with E-state index in [1.807, 2.05) is 18.2 Å². The molecule has 0 spiro atoms. The van der Waals surface area contributed by atoms with Crippen molar-refractivity contribution in [2.24, 2.45) is 0 Å². The molecule has 7 heteroatoms. The monoisotopic (exact) mass is 285 g/mol. The van der Waals surface area contributed by atoms with Gasteiger partial charge in [0.2, 0.25) is 11.8 Å². The van der Waals surface area contributed by atoms with E-state index >= 15 is 0 Å². The average molecular weight is 285 g/mol. The molecule has 2 amide bonds. The van der Waals surface area contributed by atoms with E-state index in [0.717, 1.165) is 11.3 Å². The van der Waals surface area contributed by atoms with Crippen LogP contribution in [-0.4, -0.2) is 47.0 Å². The van der Waals surface area contributed by atoms with E-state index in [1.165, 1.54) is 9.80 Å². The first-order valence-electron chi connectivity index (χ1n) is 6.50. The fraction of sp³-hybridized carbons (Fsp3) is 0.214. The number of aromatic amines is 1. The minimum absolute atomic E-state index is 0.0594. The number of hydrogen-bond donors (Lipinski definition) is 2. The van der Waals surface area contributed by atoms with Gasteiger partial charge in [0.1, 0.15) is 12.4 Å². The summed E-state index contributed by atoms with van der Waals surface area (Å²) in [5, 5.41) is 6.71. The predicted molar refractivity (Wildman–Crippen MR) is 78.4 cm³/mol. The van der Waals surface area contributed by atoms with Gasteiger partial charge in [-0.1, -0.05) is 12.1 Å². The van der Waals surface area contributed by atoms with Crippen LogP contribution in [0.2, 0.25) is 0 Å². The summed E-state index contributed by atoms with van der Waals surface area (Å²) in [6, 6.07) is 9.08. The molecule has 3 N–H and O–H groups in total. The van der Waals surface area contributed by atoms with Crippen molar-refractivity contribution in [3.63, 3.8) is 0 Å². The quantitative estimate of drug-likeness (QED) is 0.838. The Balaban J connectivity index is 1.93. The van der Waals surface area contributed by atoms with Gasteiger partial charge in [0.05, 0.1) is 12.2 Å². The standard InChI is InChI=1S/C14H15N5O2/c1-18-7-14(21)19(8-13(18)20)10-4-2-3-9(5-10)11-6-12(15)17-16-11/h2-6H,7-8H2,1H3,(H3,15,16,17). The first kappa shape index (κ1) is 13.2. The van der Waals surface area contributed by atoms with Crippen LogP contribution in [0.1, 0.15) is 0 Å². The Bertz CT molecular complexity index is 709. The lowest BCUT2D eigenvalue weighted by molar-refractivity contribution is -0.136. The van der Waals surface area contributed by atoms with Crippen LogP contribution in [0.15, 0.2) is 30.3 Å². The molecule has 3 rings (SSSR count). The summed E-state index contributed by atoms with van der Waals surface area (Å²) in [5.41, 5.74) is 7.91. The predicted octanol–water partition coefficient (Wildman–Crippen LogP) is 0.464. The maximum Gasteiger partial charge on any atom is 0.247 e. The minimum atomic E-state index is -0.0987. The van der Waals surface area contributed by atoms with Gasteiger partial charge in [-0.25, -0.2) is 0 Å². The molecule has 1 aliphatic heterocycles. The van der Waals surface area contributed by atoms with Crippen LogP contribution in [0.3, 0.4) is 0 Å². The van der Waals surface area contributed by atoms with Gasteiger partial charge in [0.25, 0.3) is 0 Å². The highest BCUT2D eigenvalue weighted by molar-refractivity contribution is 6.04. The summed E-state index contributed by atoms with van der Waals surface area (Å²) < 4.78 is 0. The highest BCUT2D eigenvalue weighted by Crippen LogP contribution is 2.25. The molecule has 0 atom stereocenters. The van der Waals surface area contributed by atoms with Crippen LogP contribution < -0.4 is 10.6 Å². The molecule has 2 heterocycles. The Hall–Kier alpha value is -2.83. The zero-order valence-electron chi connectivity index (χ0n) is 11.5. The topological polar surface area (TPSA) is 95.3 Å². The van der Waals surface area contributed by atoms with Crippen LogP contribution >= 0.6 is 0 Å². The van der Waals surface area contributed by atoms with E-state index < -0.39 is 0 Å². The maximum absolute atomic E-state index is 12.1. The van der Waals surface area contributed by atoms with Gasteiger partial charge in [-0.05, 0) is 12.1 Å². The molecule has 21 heavy (non-hydrogen) atoms. The number of likely N-dealkylation sites (N-methyl/N-ethyl adjacent to an activating group) is 1. The van der Waals surface area contributed by atoms with Crippen molar-refractivity contribution in [1.29, 1.82) is 0 Å². The van der Waals surface area contributed by atoms with Gasteiger partial charge in [-0.2, -0.15) is 5.10 Å². The summed E-state index contributed by atoms with van der Waals surface area (Å²) in [7, 11) is 1.63. The largest absolute Gasteiger partial charge is 0.382 e. The van der Waals surface area contributed by atoms with Gasteiger partial charge < -0.3 is 15.5 Å². The number of carbonyl (C=O) groups is 2. The molecular weight excluding hydrogens is 270 g/mol. The molecule has 0 unspecified atom stereocenters. The van der Waals surface area contributed by atoms with Crippen molar-refractivity contribution in [1.82, 2.24) is 15.1 Å². The van der Waals surface area contributed by atoms with Gasteiger partial charge in [0, 0.05) is 24.4 Å². The van der Waals surface area contributed by atoms with Gasteiger partial charge in [-0.3, -0.25) is 14.7 Å². The van der Waals surface area contributed by atoms with E-state index in [1.54, 1.807) is 19.2 Å². The molecule has 0 saturated carbocycles. The van der Waals surface area contributed by atoms with Crippen LogP contribution in [0.5, 0.6) is 0 Å². The third kappa shape index (κ3) is 2.45. The molecule has 0 radical (unpaired) electrons. The number of aromatic nitrogens is 2. The minimum Gasteiger partial charge on any atom is -0.382 e. The molecule has 0 bridgehead atoms. The van der Waals surface area contributed by atoms with Gasteiger partial charge >= 0.3 is 0 Å². The van der Waals surface area contributed by atoms with Crippen LogP contribution in [0, 0.1) is 0 Å². The Morgan fingerprint density at radius 1 is 1.19 bits per heavy atom. The Morgan fingerprint density at radius 2 is 2.00 bits per heavy atom. The number of nitrogens with one attached hydrogen (secondary N) is 1. The van der Waals surface area contributed by atoms with Gasteiger partial charge in [-0.15, -0.1) is 0 Å². The van der Waals surface area contributed by atoms with E-state index in [2.05, 4.69) is 10.2 Å². The Morgan fingerprint density at radius 3 is 2.71 bits per heavy atom. The third-order valence-electron chi connectivity index (χ3n) is 3.46. The number of nitrogens with zero attached hydrogens (tertiary/aromatic N) is 3. The SMILES string of the molecule is CN1CC(=O)N(c2cccc(-c3cc(N)n[nH]3)c2)CC1=O. The summed E-state index contributed by atoms with van der Waals surface area (Å²) in [6.45, 7) is 0.157. The molecule has 108 valence electrons. The number of carbonyl (C=O) groups excluding carboxylic acids is 2. The van der Waals surface area contributed by atoms with E-state index in [4.69, 9.17) is 5.73 Å². The number of benzene rings is 1. The highest BCUT2D eigenvalue weighted by Gasteiger charge is 2.28. The fourth-order valence-electron chi connectivity index (χ4n) is 2.28. The number of anilines is 2. The summed E-state index contributed by atoms with van der Waals surface area (Å²) >= 11 is 0. The van der Waals surface area contributed by atoms with E-state index in [9.17, 15) is 9.59 Å². The first-order valence-corrected chi connectivity index (χ1v) is 6.50. The molecule has 1 aromatic carbocycles. The molecule has 0 aliphatic carbocycles. The lowest BCUT2D eigenvalue weighted by Gasteiger charge is -2.31. The smallest absolute Gasteiger partial charge is 0.247 e. The number of amides is 2. The molecular formula is C14H15N5O2. The number of piperazine rings is 1. The Labute approximate surface area is 121 Å². The van der Waals surface area contributed by atoms with Crippen molar-refractivity contribution in [2.45, 2.75) is 0 Å². The Kier molecular flexibility index (Phi) is 3.09. The van der Waals surface area contributed by atoms with Crippen LogP contribution in [0.4, 0.5) is 11.5 Å². The summed E-state index contributed by atoms with van der Waals surface area (Å²) in [4.78, 5) is 26.8. The van der Waals surface area contributed by atoms with Crippen molar-refractivity contribution in [3.05, 3.63) is 30.3 Å². The lowest BCUT2D eigenvalue weighted by Crippen LogP contribution is -2.52. The van der Waals surface area contributed by atoms with Gasteiger partial charge in [0.15, 0.2) is 0 Å². The highest BCUT2D eigenvalue weighted by atomic mass is 16.2. The molecule has 1 fully saturated rings. The lowest BCUT2D eigenvalue weighted by atomic mass is 10.1. The second-order valence-electron chi connectivity index (χ2n) is 4.99. The second kappa shape index (κ2) is 4.93. The van der Waals surface area contributed by atoms with E-state index in [0.29, 0.717) is 11.5 Å². The van der Waals surface area contributed by atoms with Crippen molar-refractivity contribution >= 4 is 23.3 Å². The fourth-order valence-corrected chi connectivity index (χ4v) is 2.28. The average Bonchev–Trinajstić information content (AvgIpc) is 2.90. The summed E-state index contributed by atoms with van der Waals surface area (Å²) in [5.74, 6) is 0.227. The molecule has 1 aliphatic rings. The number of hydrogen-bond acceptors (Lipinski definition) is 4. The molecule has 1 aromatic heterocycles. The van der Waals surface area contributed by atoms with Crippen LogP contribution in [-0.2, 0) is 9.59 Å². The second-order valence-corrected chi connectivity index (χ2v) is 4.99. The number of H-pyrrole nitrogens is 1. The number of nitrogen functional groups attached to an aromatic ring is 1. The molecule has 7 nitrogen and oxygen atoms in total.